The maximum absolute atomic E-state index is 4.47. The number of hydrogen-bond acceptors (Lipinski definition) is 4. The van der Waals surface area contributed by atoms with E-state index in [4.69, 9.17) is 0 Å². The average Bonchev–Trinajstić information content (AvgIpc) is 2.81. The molecule has 0 aliphatic carbocycles. The lowest BCUT2D eigenvalue weighted by Crippen LogP contribution is -2.40. The second-order valence-corrected chi connectivity index (χ2v) is 6.36. The SMILES string of the molecule is Cc1cc2c(NCC3(C)CCN(C)CC3)nccn2n1. The second kappa shape index (κ2) is 5.05. The molecule has 0 radical (unpaired) electrons. The highest BCUT2D eigenvalue weighted by Crippen LogP contribution is 2.30. The number of nitrogens with zero attached hydrogens (tertiary/aromatic N) is 4. The molecule has 2 aromatic heterocycles. The average molecular weight is 273 g/mol. The first-order chi connectivity index (χ1) is 9.56. The normalized spacial score (nSPS) is 19.4. The van der Waals surface area contributed by atoms with Crippen molar-refractivity contribution >= 4 is 11.3 Å². The summed E-state index contributed by atoms with van der Waals surface area (Å²) in [5.41, 5.74) is 2.43. The van der Waals surface area contributed by atoms with Crippen molar-refractivity contribution in [2.75, 3.05) is 32.0 Å². The number of aromatic nitrogens is 3. The lowest BCUT2D eigenvalue weighted by Gasteiger charge is -2.38. The topological polar surface area (TPSA) is 45.5 Å². The summed E-state index contributed by atoms with van der Waals surface area (Å²) < 4.78 is 1.89. The Morgan fingerprint density at radius 1 is 1.35 bits per heavy atom. The zero-order chi connectivity index (χ0) is 14.2. The van der Waals surface area contributed by atoms with Gasteiger partial charge in [0.25, 0.3) is 0 Å². The van der Waals surface area contributed by atoms with E-state index < -0.39 is 0 Å². The van der Waals surface area contributed by atoms with Gasteiger partial charge in [-0.15, -0.1) is 0 Å². The Bertz CT molecular complexity index is 595. The van der Waals surface area contributed by atoms with E-state index in [-0.39, 0.29) is 0 Å². The molecule has 1 saturated heterocycles. The maximum Gasteiger partial charge on any atom is 0.152 e. The van der Waals surface area contributed by atoms with Crippen LogP contribution in [0.1, 0.15) is 25.5 Å². The number of fused-ring (bicyclic) bond motifs is 1. The van der Waals surface area contributed by atoms with E-state index in [0.29, 0.717) is 5.41 Å². The van der Waals surface area contributed by atoms with Crippen LogP contribution in [0.25, 0.3) is 5.52 Å². The molecule has 0 spiro atoms. The molecule has 1 N–H and O–H groups in total. The van der Waals surface area contributed by atoms with Crippen LogP contribution in [0.5, 0.6) is 0 Å². The lowest BCUT2D eigenvalue weighted by molar-refractivity contribution is 0.150. The molecule has 0 saturated carbocycles. The van der Waals surface area contributed by atoms with Gasteiger partial charge in [0.05, 0.1) is 5.69 Å². The van der Waals surface area contributed by atoms with Crippen molar-refractivity contribution in [3.63, 3.8) is 0 Å². The van der Waals surface area contributed by atoms with E-state index in [1.807, 2.05) is 17.6 Å². The molecule has 20 heavy (non-hydrogen) atoms. The summed E-state index contributed by atoms with van der Waals surface area (Å²) >= 11 is 0. The third-order valence-corrected chi connectivity index (χ3v) is 4.39. The third kappa shape index (κ3) is 2.63. The lowest BCUT2D eigenvalue weighted by atomic mass is 9.80. The molecule has 108 valence electrons. The molecule has 5 heteroatoms. The van der Waals surface area contributed by atoms with Gasteiger partial charge in [-0.25, -0.2) is 9.50 Å². The van der Waals surface area contributed by atoms with Crippen LogP contribution in [-0.2, 0) is 0 Å². The summed E-state index contributed by atoms with van der Waals surface area (Å²) in [5, 5.41) is 7.96. The van der Waals surface area contributed by atoms with Crippen LogP contribution in [0, 0.1) is 12.3 Å². The predicted molar refractivity (Wildman–Crippen MR) is 81.1 cm³/mol. The van der Waals surface area contributed by atoms with Gasteiger partial charge in [0.1, 0.15) is 5.52 Å². The minimum Gasteiger partial charge on any atom is -0.368 e. The number of rotatable bonds is 3. The summed E-state index contributed by atoms with van der Waals surface area (Å²) in [6.45, 7) is 7.71. The zero-order valence-electron chi connectivity index (χ0n) is 12.6. The summed E-state index contributed by atoms with van der Waals surface area (Å²) in [6, 6.07) is 2.08. The van der Waals surface area contributed by atoms with Crippen molar-refractivity contribution in [1.82, 2.24) is 19.5 Å². The van der Waals surface area contributed by atoms with Gasteiger partial charge in [-0.1, -0.05) is 6.92 Å². The van der Waals surface area contributed by atoms with Crippen LogP contribution in [-0.4, -0.2) is 46.2 Å². The predicted octanol–water partition coefficient (Wildman–Crippen LogP) is 2.18. The van der Waals surface area contributed by atoms with E-state index in [2.05, 4.69) is 40.3 Å². The molecular weight excluding hydrogens is 250 g/mol. The number of piperidine rings is 1. The van der Waals surface area contributed by atoms with Crippen LogP contribution >= 0.6 is 0 Å². The first-order valence-electron chi connectivity index (χ1n) is 7.29. The molecule has 0 atom stereocenters. The van der Waals surface area contributed by atoms with Crippen molar-refractivity contribution < 1.29 is 0 Å². The second-order valence-electron chi connectivity index (χ2n) is 6.36. The standard InChI is InChI=1S/C15H23N5/c1-12-10-13-14(16-6-9-20(13)18-12)17-11-15(2)4-7-19(3)8-5-15/h6,9-10H,4-5,7-8,11H2,1-3H3,(H,16,17). The van der Waals surface area contributed by atoms with Crippen molar-refractivity contribution in [2.24, 2.45) is 5.41 Å². The van der Waals surface area contributed by atoms with Crippen LogP contribution in [0.3, 0.4) is 0 Å². The van der Waals surface area contributed by atoms with E-state index in [0.717, 1.165) is 23.6 Å². The van der Waals surface area contributed by atoms with Crippen molar-refractivity contribution in [3.05, 3.63) is 24.2 Å². The Balaban J connectivity index is 1.73. The third-order valence-electron chi connectivity index (χ3n) is 4.39. The van der Waals surface area contributed by atoms with E-state index in [9.17, 15) is 0 Å². The summed E-state index contributed by atoms with van der Waals surface area (Å²) in [7, 11) is 2.20. The number of anilines is 1. The monoisotopic (exact) mass is 273 g/mol. The van der Waals surface area contributed by atoms with Gasteiger partial charge < -0.3 is 10.2 Å². The van der Waals surface area contributed by atoms with Gasteiger partial charge >= 0.3 is 0 Å². The zero-order valence-corrected chi connectivity index (χ0v) is 12.6. The molecule has 5 nitrogen and oxygen atoms in total. The maximum atomic E-state index is 4.47. The fraction of sp³-hybridized carbons (Fsp3) is 0.600. The number of aryl methyl sites for hydroxylation is 1. The van der Waals surface area contributed by atoms with Crippen LogP contribution in [0.4, 0.5) is 5.82 Å². The first kappa shape index (κ1) is 13.4. The van der Waals surface area contributed by atoms with Crippen LogP contribution in [0.2, 0.25) is 0 Å². The molecule has 1 aliphatic rings. The Hall–Kier alpha value is -1.62. The van der Waals surface area contributed by atoms with Gasteiger partial charge in [0.2, 0.25) is 0 Å². The molecular formula is C15H23N5. The minimum atomic E-state index is 0.357. The molecule has 3 heterocycles. The Kier molecular flexibility index (Phi) is 3.38. The van der Waals surface area contributed by atoms with Crippen molar-refractivity contribution in [1.29, 1.82) is 0 Å². The number of hydrogen-bond donors (Lipinski definition) is 1. The van der Waals surface area contributed by atoms with E-state index >= 15 is 0 Å². The molecule has 0 bridgehead atoms. The Morgan fingerprint density at radius 3 is 2.85 bits per heavy atom. The Morgan fingerprint density at radius 2 is 2.10 bits per heavy atom. The van der Waals surface area contributed by atoms with Crippen LogP contribution < -0.4 is 5.32 Å². The highest BCUT2D eigenvalue weighted by molar-refractivity contribution is 5.67. The largest absolute Gasteiger partial charge is 0.368 e. The summed E-state index contributed by atoms with van der Waals surface area (Å²) in [5.74, 6) is 0.938. The molecule has 0 unspecified atom stereocenters. The molecule has 1 aliphatic heterocycles. The molecule has 3 rings (SSSR count). The molecule has 1 fully saturated rings. The quantitative estimate of drug-likeness (QED) is 0.931. The van der Waals surface area contributed by atoms with Gasteiger partial charge in [0, 0.05) is 18.9 Å². The number of nitrogens with one attached hydrogen (secondary N) is 1. The van der Waals surface area contributed by atoms with Crippen molar-refractivity contribution in [2.45, 2.75) is 26.7 Å². The van der Waals surface area contributed by atoms with Gasteiger partial charge in [0.15, 0.2) is 5.82 Å². The van der Waals surface area contributed by atoms with Crippen LogP contribution in [0.15, 0.2) is 18.5 Å². The fourth-order valence-electron chi connectivity index (χ4n) is 2.81. The summed E-state index contributed by atoms with van der Waals surface area (Å²) in [6.07, 6.45) is 6.17. The highest BCUT2D eigenvalue weighted by Gasteiger charge is 2.28. The fourth-order valence-corrected chi connectivity index (χ4v) is 2.81. The molecule has 0 amide bonds. The number of likely N-dealkylation sites (tertiary alicyclic amines) is 1. The Labute approximate surface area is 120 Å². The smallest absolute Gasteiger partial charge is 0.152 e. The summed E-state index contributed by atoms with van der Waals surface area (Å²) in [4.78, 5) is 6.87. The van der Waals surface area contributed by atoms with E-state index in [1.165, 1.54) is 25.9 Å². The van der Waals surface area contributed by atoms with Gasteiger partial charge in [-0.2, -0.15) is 5.10 Å². The molecule has 0 aromatic carbocycles. The minimum absolute atomic E-state index is 0.357. The van der Waals surface area contributed by atoms with Gasteiger partial charge in [-0.3, -0.25) is 0 Å². The highest BCUT2D eigenvalue weighted by atomic mass is 15.2. The van der Waals surface area contributed by atoms with Crippen molar-refractivity contribution in [3.8, 4) is 0 Å². The first-order valence-corrected chi connectivity index (χ1v) is 7.29. The van der Waals surface area contributed by atoms with E-state index in [1.54, 1.807) is 6.20 Å². The van der Waals surface area contributed by atoms with Gasteiger partial charge in [-0.05, 0) is 51.4 Å². The molecule has 2 aromatic rings.